The number of nitrogens with one attached hydrogen (secondary N) is 1. The van der Waals surface area contributed by atoms with E-state index in [0.29, 0.717) is 24.1 Å². The Kier molecular flexibility index (Phi) is 2.10. The molecule has 0 unspecified atom stereocenters. The third kappa shape index (κ3) is 1.27. The van der Waals surface area contributed by atoms with Crippen LogP contribution in [0, 0.1) is 5.92 Å². The SMILES string of the molecule is O=C1CCC[C@H]1[C@]1(O)C(=O)Nc2ccccc21. The first-order chi connectivity index (χ1) is 8.14. The van der Waals surface area contributed by atoms with Gasteiger partial charge < -0.3 is 10.4 Å². The summed E-state index contributed by atoms with van der Waals surface area (Å²) in [6.07, 6.45) is 1.79. The van der Waals surface area contributed by atoms with E-state index < -0.39 is 17.4 Å². The van der Waals surface area contributed by atoms with Crippen molar-refractivity contribution in [2.24, 2.45) is 5.92 Å². The van der Waals surface area contributed by atoms with Crippen molar-refractivity contribution in [1.82, 2.24) is 0 Å². The molecule has 1 aliphatic carbocycles. The number of fused-ring (bicyclic) bond motifs is 1. The summed E-state index contributed by atoms with van der Waals surface area (Å²) in [6, 6.07) is 7.01. The molecule has 1 fully saturated rings. The number of Topliss-reactive ketones (excluding diaryl/α,β-unsaturated/α-hetero) is 1. The highest BCUT2D eigenvalue weighted by molar-refractivity contribution is 6.08. The lowest BCUT2D eigenvalue weighted by Crippen LogP contribution is -2.43. The summed E-state index contributed by atoms with van der Waals surface area (Å²) in [5.41, 5.74) is -0.519. The summed E-state index contributed by atoms with van der Waals surface area (Å²) in [5, 5.41) is 13.3. The van der Waals surface area contributed by atoms with E-state index in [1.54, 1.807) is 24.3 Å². The molecule has 4 heteroatoms. The van der Waals surface area contributed by atoms with Crippen LogP contribution in [-0.2, 0) is 15.2 Å². The van der Waals surface area contributed by atoms with Crippen LogP contribution in [0.15, 0.2) is 24.3 Å². The van der Waals surface area contributed by atoms with Gasteiger partial charge in [-0.05, 0) is 18.9 Å². The molecule has 0 aromatic heterocycles. The Morgan fingerprint density at radius 2 is 2.06 bits per heavy atom. The molecule has 1 aliphatic heterocycles. The first-order valence-corrected chi connectivity index (χ1v) is 5.80. The van der Waals surface area contributed by atoms with Gasteiger partial charge in [0, 0.05) is 17.7 Å². The molecule has 0 spiro atoms. The lowest BCUT2D eigenvalue weighted by atomic mass is 9.80. The number of carbonyl (C=O) groups excluding carboxylic acids is 2. The van der Waals surface area contributed by atoms with E-state index in [2.05, 4.69) is 5.32 Å². The average Bonchev–Trinajstić information content (AvgIpc) is 2.84. The summed E-state index contributed by atoms with van der Waals surface area (Å²) >= 11 is 0. The van der Waals surface area contributed by atoms with E-state index in [1.807, 2.05) is 0 Å². The van der Waals surface area contributed by atoms with Crippen LogP contribution in [0.1, 0.15) is 24.8 Å². The fourth-order valence-corrected chi connectivity index (χ4v) is 2.87. The van der Waals surface area contributed by atoms with Crippen LogP contribution in [0.4, 0.5) is 5.69 Å². The number of hydrogen-bond donors (Lipinski definition) is 2. The standard InChI is InChI=1S/C13H13NO3/c15-11-7-3-5-9(11)13(17)8-4-1-2-6-10(8)14-12(13)16/h1-2,4,6,9,17H,3,5,7H2,(H,14,16)/t9-,13+/m1/s1. The Hall–Kier alpha value is -1.68. The van der Waals surface area contributed by atoms with E-state index in [4.69, 9.17) is 0 Å². The number of amides is 1. The van der Waals surface area contributed by atoms with Gasteiger partial charge in [-0.1, -0.05) is 18.2 Å². The van der Waals surface area contributed by atoms with Gasteiger partial charge in [-0.2, -0.15) is 0 Å². The van der Waals surface area contributed by atoms with Gasteiger partial charge >= 0.3 is 0 Å². The molecule has 1 aromatic rings. The fourth-order valence-electron chi connectivity index (χ4n) is 2.87. The molecule has 1 heterocycles. The van der Waals surface area contributed by atoms with Crippen molar-refractivity contribution >= 4 is 17.4 Å². The van der Waals surface area contributed by atoms with Gasteiger partial charge in [-0.15, -0.1) is 0 Å². The summed E-state index contributed by atoms with van der Waals surface area (Å²) in [6.45, 7) is 0. The van der Waals surface area contributed by atoms with Gasteiger partial charge in [0.05, 0.1) is 5.92 Å². The lowest BCUT2D eigenvalue weighted by molar-refractivity contribution is -0.146. The molecule has 2 atom stereocenters. The first-order valence-electron chi connectivity index (χ1n) is 5.80. The first kappa shape index (κ1) is 10.5. The number of carbonyl (C=O) groups is 2. The van der Waals surface area contributed by atoms with E-state index >= 15 is 0 Å². The second-order valence-corrected chi connectivity index (χ2v) is 4.68. The molecule has 17 heavy (non-hydrogen) atoms. The van der Waals surface area contributed by atoms with E-state index in [9.17, 15) is 14.7 Å². The molecule has 0 radical (unpaired) electrons. The van der Waals surface area contributed by atoms with Crippen LogP contribution in [0.3, 0.4) is 0 Å². The van der Waals surface area contributed by atoms with E-state index in [1.165, 1.54) is 0 Å². The zero-order valence-corrected chi connectivity index (χ0v) is 9.27. The van der Waals surface area contributed by atoms with E-state index in [-0.39, 0.29) is 5.78 Å². The summed E-state index contributed by atoms with van der Waals surface area (Å²) < 4.78 is 0. The summed E-state index contributed by atoms with van der Waals surface area (Å²) in [4.78, 5) is 23.8. The molecule has 2 N–H and O–H groups in total. The Balaban J connectivity index is 2.13. The summed E-state index contributed by atoms with van der Waals surface area (Å²) in [7, 11) is 0. The maximum absolute atomic E-state index is 12.0. The van der Waals surface area contributed by atoms with Crippen LogP contribution in [0.25, 0.3) is 0 Å². The highest BCUT2D eigenvalue weighted by Crippen LogP contribution is 2.45. The predicted octanol–water partition coefficient (Wildman–Crippen LogP) is 1.20. The number of aliphatic hydroxyl groups is 1. The Morgan fingerprint density at radius 1 is 1.29 bits per heavy atom. The van der Waals surface area contributed by atoms with Crippen LogP contribution < -0.4 is 5.32 Å². The van der Waals surface area contributed by atoms with Gasteiger partial charge in [0.2, 0.25) is 0 Å². The van der Waals surface area contributed by atoms with Gasteiger partial charge in [0.25, 0.3) is 5.91 Å². The Morgan fingerprint density at radius 3 is 2.76 bits per heavy atom. The zero-order chi connectivity index (χ0) is 12.0. The number of para-hydroxylation sites is 1. The lowest BCUT2D eigenvalue weighted by Gasteiger charge is -2.26. The normalized spacial score (nSPS) is 31.5. The largest absolute Gasteiger partial charge is 0.375 e. The molecule has 0 bridgehead atoms. The smallest absolute Gasteiger partial charge is 0.261 e. The molecule has 1 saturated carbocycles. The van der Waals surface area contributed by atoms with Gasteiger partial charge in [0.15, 0.2) is 5.60 Å². The highest BCUT2D eigenvalue weighted by atomic mass is 16.3. The number of ketones is 1. The molecular formula is C13H13NO3. The number of rotatable bonds is 1. The van der Waals surface area contributed by atoms with Crippen molar-refractivity contribution < 1.29 is 14.7 Å². The Bertz CT molecular complexity index is 511. The third-order valence-electron chi connectivity index (χ3n) is 3.74. The van der Waals surface area contributed by atoms with Crippen LogP contribution in [0.5, 0.6) is 0 Å². The molecular weight excluding hydrogens is 218 g/mol. The van der Waals surface area contributed by atoms with Crippen LogP contribution in [0.2, 0.25) is 0 Å². The van der Waals surface area contributed by atoms with Crippen molar-refractivity contribution in [2.75, 3.05) is 5.32 Å². The van der Waals surface area contributed by atoms with Crippen molar-refractivity contribution in [3.05, 3.63) is 29.8 Å². The second kappa shape index (κ2) is 3.40. The highest BCUT2D eigenvalue weighted by Gasteiger charge is 2.54. The summed E-state index contributed by atoms with van der Waals surface area (Å²) in [5.74, 6) is -1.08. The maximum atomic E-state index is 12.0. The molecule has 0 saturated heterocycles. The number of hydrogen-bond acceptors (Lipinski definition) is 3. The molecule has 1 amide bonds. The number of benzene rings is 1. The fraction of sp³-hybridized carbons (Fsp3) is 0.385. The van der Waals surface area contributed by atoms with Crippen molar-refractivity contribution in [2.45, 2.75) is 24.9 Å². The molecule has 1 aromatic carbocycles. The van der Waals surface area contributed by atoms with Crippen molar-refractivity contribution in [1.29, 1.82) is 0 Å². The second-order valence-electron chi connectivity index (χ2n) is 4.68. The maximum Gasteiger partial charge on any atom is 0.261 e. The van der Waals surface area contributed by atoms with Crippen LogP contribution in [-0.4, -0.2) is 16.8 Å². The van der Waals surface area contributed by atoms with Gasteiger partial charge in [0.1, 0.15) is 5.78 Å². The molecule has 4 nitrogen and oxygen atoms in total. The zero-order valence-electron chi connectivity index (χ0n) is 9.27. The quantitative estimate of drug-likeness (QED) is 0.763. The van der Waals surface area contributed by atoms with Crippen LogP contribution >= 0.6 is 0 Å². The van der Waals surface area contributed by atoms with Gasteiger partial charge in [-0.3, -0.25) is 9.59 Å². The third-order valence-corrected chi connectivity index (χ3v) is 3.74. The molecule has 88 valence electrons. The van der Waals surface area contributed by atoms with Crippen molar-refractivity contribution in [3.8, 4) is 0 Å². The topological polar surface area (TPSA) is 66.4 Å². The minimum Gasteiger partial charge on any atom is -0.375 e. The van der Waals surface area contributed by atoms with E-state index in [0.717, 1.165) is 6.42 Å². The van der Waals surface area contributed by atoms with Crippen molar-refractivity contribution in [3.63, 3.8) is 0 Å². The predicted molar refractivity (Wildman–Crippen MR) is 61.3 cm³/mol. The minimum atomic E-state index is -1.66. The average molecular weight is 231 g/mol. The Labute approximate surface area is 98.6 Å². The number of anilines is 1. The molecule has 2 aliphatic rings. The van der Waals surface area contributed by atoms with Gasteiger partial charge in [-0.25, -0.2) is 0 Å². The molecule has 3 rings (SSSR count). The monoisotopic (exact) mass is 231 g/mol. The minimum absolute atomic E-state index is 0.0145.